The second kappa shape index (κ2) is 5.96. The molecule has 0 spiro atoms. The molecule has 0 amide bonds. The predicted molar refractivity (Wildman–Crippen MR) is 54.7 cm³/mol. The molecule has 0 aromatic rings. The molecule has 6 heteroatoms. The van der Waals surface area contributed by atoms with Crippen LogP contribution in [-0.4, -0.2) is 30.0 Å². The van der Waals surface area contributed by atoms with Crippen LogP contribution in [0.4, 0.5) is 13.2 Å². The summed E-state index contributed by atoms with van der Waals surface area (Å²) < 4.78 is 40.6. The number of hydrogen-bond donors (Lipinski definition) is 1. The standard InChI is InChI=1S/C9H16F3NOS/c10-9(11,12)15-6-5-14-8-3-1-7(13)2-4-8/h7-8H,1-6,13H2. The van der Waals surface area contributed by atoms with Crippen molar-refractivity contribution >= 4 is 11.8 Å². The molecule has 0 aromatic carbocycles. The van der Waals surface area contributed by atoms with Gasteiger partial charge in [0.2, 0.25) is 0 Å². The molecule has 15 heavy (non-hydrogen) atoms. The Labute approximate surface area is 91.7 Å². The highest BCUT2D eigenvalue weighted by atomic mass is 32.2. The van der Waals surface area contributed by atoms with E-state index in [1.807, 2.05) is 0 Å². The molecular formula is C9H16F3NOS. The van der Waals surface area contributed by atoms with Crippen molar-refractivity contribution in [3.8, 4) is 0 Å². The highest BCUT2D eigenvalue weighted by molar-refractivity contribution is 8.00. The summed E-state index contributed by atoms with van der Waals surface area (Å²) in [5.74, 6) is -0.0218. The summed E-state index contributed by atoms with van der Waals surface area (Å²) in [6.45, 7) is 0.171. The highest BCUT2D eigenvalue weighted by Crippen LogP contribution is 2.30. The van der Waals surface area contributed by atoms with Gasteiger partial charge in [0.15, 0.2) is 0 Å². The Hall–Kier alpha value is 0.0600. The maximum Gasteiger partial charge on any atom is 0.441 e. The van der Waals surface area contributed by atoms with Crippen LogP contribution in [0.1, 0.15) is 25.7 Å². The molecule has 1 saturated carbocycles. The van der Waals surface area contributed by atoms with Gasteiger partial charge in [-0.3, -0.25) is 0 Å². The summed E-state index contributed by atoms with van der Waals surface area (Å²) in [6, 6.07) is 0.245. The molecule has 2 N–H and O–H groups in total. The topological polar surface area (TPSA) is 35.2 Å². The molecule has 1 aliphatic rings. The largest absolute Gasteiger partial charge is 0.441 e. The molecule has 0 saturated heterocycles. The fourth-order valence-corrected chi connectivity index (χ4v) is 2.04. The third-order valence-corrected chi connectivity index (χ3v) is 3.12. The van der Waals surface area contributed by atoms with Gasteiger partial charge in [-0.15, -0.1) is 0 Å². The molecule has 0 radical (unpaired) electrons. The number of rotatable bonds is 4. The first kappa shape index (κ1) is 13.1. The average Bonchev–Trinajstić information content (AvgIpc) is 2.14. The Balaban J connectivity index is 2.01. The van der Waals surface area contributed by atoms with Crippen LogP contribution in [0, 0.1) is 0 Å². The van der Waals surface area contributed by atoms with Crippen LogP contribution in [0.25, 0.3) is 0 Å². The number of alkyl halides is 3. The summed E-state index contributed by atoms with van der Waals surface area (Å²) in [7, 11) is 0. The van der Waals surface area contributed by atoms with Crippen LogP contribution >= 0.6 is 11.8 Å². The van der Waals surface area contributed by atoms with E-state index in [-0.39, 0.29) is 36.3 Å². The monoisotopic (exact) mass is 243 g/mol. The normalized spacial score (nSPS) is 28.0. The Bertz CT molecular complexity index is 181. The quantitative estimate of drug-likeness (QED) is 0.771. The lowest BCUT2D eigenvalue weighted by molar-refractivity contribution is -0.0337. The summed E-state index contributed by atoms with van der Waals surface area (Å²) in [6.07, 6.45) is 3.68. The van der Waals surface area contributed by atoms with E-state index < -0.39 is 5.51 Å². The third kappa shape index (κ3) is 6.27. The Morgan fingerprint density at radius 3 is 2.33 bits per heavy atom. The Morgan fingerprint density at radius 2 is 1.80 bits per heavy atom. The smallest absolute Gasteiger partial charge is 0.377 e. The van der Waals surface area contributed by atoms with Crippen LogP contribution in [0.2, 0.25) is 0 Å². The van der Waals surface area contributed by atoms with Gasteiger partial charge < -0.3 is 10.5 Å². The van der Waals surface area contributed by atoms with Crippen LogP contribution in [-0.2, 0) is 4.74 Å². The zero-order chi connectivity index (χ0) is 11.3. The molecule has 0 unspecified atom stereocenters. The Kier molecular flexibility index (Phi) is 5.22. The number of ether oxygens (including phenoxy) is 1. The van der Waals surface area contributed by atoms with Gasteiger partial charge in [0.25, 0.3) is 0 Å². The van der Waals surface area contributed by atoms with Gasteiger partial charge >= 0.3 is 5.51 Å². The van der Waals surface area contributed by atoms with E-state index in [1.165, 1.54) is 0 Å². The lowest BCUT2D eigenvalue weighted by Gasteiger charge is -2.26. The van der Waals surface area contributed by atoms with E-state index in [0.29, 0.717) is 0 Å². The van der Waals surface area contributed by atoms with Gasteiger partial charge in [-0.1, -0.05) is 0 Å². The van der Waals surface area contributed by atoms with E-state index in [1.54, 1.807) is 0 Å². The Morgan fingerprint density at radius 1 is 1.20 bits per heavy atom. The van der Waals surface area contributed by atoms with Gasteiger partial charge in [0, 0.05) is 11.8 Å². The van der Waals surface area contributed by atoms with Crippen molar-refractivity contribution in [2.24, 2.45) is 5.73 Å². The van der Waals surface area contributed by atoms with Crippen LogP contribution in [0.3, 0.4) is 0 Å². The zero-order valence-corrected chi connectivity index (χ0v) is 9.24. The van der Waals surface area contributed by atoms with E-state index in [4.69, 9.17) is 10.5 Å². The summed E-state index contributed by atoms with van der Waals surface area (Å²) in [5.41, 5.74) is 1.56. The molecule has 0 atom stereocenters. The minimum atomic E-state index is -4.14. The van der Waals surface area contributed by atoms with Crippen molar-refractivity contribution in [3.63, 3.8) is 0 Å². The lowest BCUT2D eigenvalue weighted by Crippen LogP contribution is -2.30. The molecule has 90 valence electrons. The van der Waals surface area contributed by atoms with Crippen molar-refractivity contribution in [2.45, 2.75) is 43.3 Å². The summed E-state index contributed by atoms with van der Waals surface area (Å²) in [5, 5.41) is 0. The first-order valence-electron chi connectivity index (χ1n) is 5.05. The van der Waals surface area contributed by atoms with Gasteiger partial charge in [0.05, 0.1) is 12.7 Å². The third-order valence-electron chi connectivity index (χ3n) is 2.42. The van der Waals surface area contributed by atoms with E-state index in [9.17, 15) is 13.2 Å². The van der Waals surface area contributed by atoms with E-state index in [0.717, 1.165) is 25.7 Å². The van der Waals surface area contributed by atoms with E-state index >= 15 is 0 Å². The van der Waals surface area contributed by atoms with Crippen molar-refractivity contribution in [1.82, 2.24) is 0 Å². The van der Waals surface area contributed by atoms with Crippen molar-refractivity contribution in [2.75, 3.05) is 12.4 Å². The van der Waals surface area contributed by atoms with Crippen LogP contribution < -0.4 is 5.73 Å². The van der Waals surface area contributed by atoms with Gasteiger partial charge in [-0.05, 0) is 37.4 Å². The molecule has 0 aromatic heterocycles. The molecule has 0 heterocycles. The molecule has 1 rings (SSSR count). The predicted octanol–water partition coefficient (Wildman–Crippen LogP) is 2.53. The minimum absolute atomic E-state index is 0.0218. The molecule has 0 bridgehead atoms. The fraction of sp³-hybridized carbons (Fsp3) is 1.00. The van der Waals surface area contributed by atoms with E-state index in [2.05, 4.69) is 0 Å². The van der Waals surface area contributed by atoms with Crippen molar-refractivity contribution in [3.05, 3.63) is 0 Å². The van der Waals surface area contributed by atoms with Crippen LogP contribution in [0.15, 0.2) is 0 Å². The highest BCUT2D eigenvalue weighted by Gasteiger charge is 2.27. The number of halogens is 3. The first-order valence-corrected chi connectivity index (χ1v) is 6.04. The molecular weight excluding hydrogens is 227 g/mol. The van der Waals surface area contributed by atoms with Gasteiger partial charge in [-0.2, -0.15) is 13.2 Å². The number of hydrogen-bond acceptors (Lipinski definition) is 3. The van der Waals surface area contributed by atoms with Crippen LogP contribution in [0.5, 0.6) is 0 Å². The molecule has 2 nitrogen and oxygen atoms in total. The fourth-order valence-electron chi connectivity index (χ4n) is 1.63. The summed E-state index contributed by atoms with van der Waals surface area (Å²) >= 11 is -0.0270. The van der Waals surface area contributed by atoms with Gasteiger partial charge in [-0.25, -0.2) is 0 Å². The lowest BCUT2D eigenvalue weighted by atomic mass is 9.94. The minimum Gasteiger partial charge on any atom is -0.377 e. The first-order chi connectivity index (χ1) is 6.97. The zero-order valence-electron chi connectivity index (χ0n) is 8.43. The van der Waals surface area contributed by atoms with Gasteiger partial charge in [0.1, 0.15) is 0 Å². The molecule has 1 fully saturated rings. The second-order valence-electron chi connectivity index (χ2n) is 3.70. The second-order valence-corrected chi connectivity index (χ2v) is 4.86. The number of nitrogens with two attached hydrogens (primary N) is 1. The molecule has 0 aliphatic heterocycles. The summed E-state index contributed by atoms with van der Waals surface area (Å²) in [4.78, 5) is 0. The number of thioether (sulfide) groups is 1. The maximum absolute atomic E-state index is 11.8. The molecule has 1 aliphatic carbocycles. The average molecular weight is 243 g/mol. The SMILES string of the molecule is NC1CCC(OCCSC(F)(F)F)CC1. The van der Waals surface area contributed by atoms with Crippen molar-refractivity contribution < 1.29 is 17.9 Å². The van der Waals surface area contributed by atoms with Crippen molar-refractivity contribution in [1.29, 1.82) is 0 Å². The maximum atomic E-state index is 11.8.